The van der Waals surface area contributed by atoms with Crippen LogP contribution in [0.2, 0.25) is 0 Å². The molecule has 0 spiro atoms. The number of morpholine rings is 1. The number of nitrogens with zero attached hydrogens (tertiary/aromatic N) is 1. The van der Waals surface area contributed by atoms with Gasteiger partial charge < -0.3 is 10.1 Å². The molecule has 1 heterocycles. The summed E-state index contributed by atoms with van der Waals surface area (Å²) >= 11 is 0. The highest BCUT2D eigenvalue weighted by Gasteiger charge is 2.22. The molecule has 0 aromatic heterocycles. The number of nitrogens with one attached hydrogen (secondary N) is 1. The molecular formula is C13H24N2O. The summed E-state index contributed by atoms with van der Waals surface area (Å²) in [6, 6.07) is 0.782. The average molecular weight is 224 g/mol. The number of ether oxygens (including phenoxy) is 1. The molecule has 0 amide bonds. The van der Waals surface area contributed by atoms with Crippen molar-refractivity contribution in [3.63, 3.8) is 0 Å². The molecule has 1 atom stereocenters. The van der Waals surface area contributed by atoms with Crippen LogP contribution in [0.3, 0.4) is 0 Å². The fourth-order valence-electron chi connectivity index (χ4n) is 2.12. The monoisotopic (exact) mass is 224 g/mol. The van der Waals surface area contributed by atoms with E-state index >= 15 is 0 Å². The Hall–Kier alpha value is -0.380. The summed E-state index contributed by atoms with van der Waals surface area (Å²) in [5.41, 5.74) is 1.31. The molecule has 16 heavy (non-hydrogen) atoms. The zero-order valence-electron chi connectivity index (χ0n) is 10.4. The standard InChI is InChI=1S/C13H24N2O/c1-3-13-10-15(6-7-16-13)9-11(2)8-14-12-4-5-12/h12-14H,2-10H2,1H3. The maximum atomic E-state index is 5.66. The zero-order valence-corrected chi connectivity index (χ0v) is 10.4. The van der Waals surface area contributed by atoms with E-state index in [1.54, 1.807) is 0 Å². The molecule has 2 rings (SSSR count). The van der Waals surface area contributed by atoms with Crippen LogP contribution < -0.4 is 5.32 Å². The first-order chi connectivity index (χ1) is 7.78. The Morgan fingerprint density at radius 1 is 1.50 bits per heavy atom. The van der Waals surface area contributed by atoms with Crippen LogP contribution in [0.25, 0.3) is 0 Å². The van der Waals surface area contributed by atoms with Crippen molar-refractivity contribution in [1.29, 1.82) is 0 Å². The minimum Gasteiger partial charge on any atom is -0.376 e. The summed E-state index contributed by atoms with van der Waals surface area (Å²) in [7, 11) is 0. The molecule has 3 nitrogen and oxygen atoms in total. The van der Waals surface area contributed by atoms with Crippen LogP contribution >= 0.6 is 0 Å². The van der Waals surface area contributed by atoms with Gasteiger partial charge in [-0.1, -0.05) is 13.5 Å². The van der Waals surface area contributed by atoms with Crippen LogP contribution in [-0.4, -0.2) is 49.8 Å². The third kappa shape index (κ3) is 3.89. The topological polar surface area (TPSA) is 24.5 Å². The molecule has 0 bridgehead atoms. The minimum absolute atomic E-state index is 0.429. The lowest BCUT2D eigenvalue weighted by Crippen LogP contribution is -2.43. The first-order valence-electron chi connectivity index (χ1n) is 6.52. The molecule has 1 unspecified atom stereocenters. The van der Waals surface area contributed by atoms with Crippen LogP contribution in [0.4, 0.5) is 0 Å². The molecule has 0 aromatic rings. The predicted octanol–water partition coefficient (Wildman–Crippen LogP) is 1.41. The number of rotatable bonds is 6. The molecule has 1 aliphatic carbocycles. The number of hydrogen-bond acceptors (Lipinski definition) is 3. The van der Waals surface area contributed by atoms with Gasteiger partial charge >= 0.3 is 0 Å². The lowest BCUT2D eigenvalue weighted by atomic mass is 10.2. The van der Waals surface area contributed by atoms with E-state index in [9.17, 15) is 0 Å². The number of hydrogen-bond donors (Lipinski definition) is 1. The largest absolute Gasteiger partial charge is 0.376 e. The molecule has 2 aliphatic rings. The average Bonchev–Trinajstić information content (AvgIpc) is 3.10. The summed E-state index contributed by atoms with van der Waals surface area (Å²) in [6.45, 7) is 11.4. The highest BCUT2D eigenvalue weighted by molar-refractivity contribution is 5.02. The molecular weight excluding hydrogens is 200 g/mol. The predicted molar refractivity (Wildman–Crippen MR) is 66.6 cm³/mol. The summed E-state index contributed by atoms with van der Waals surface area (Å²) in [4.78, 5) is 2.47. The van der Waals surface area contributed by atoms with Crippen molar-refractivity contribution in [3.05, 3.63) is 12.2 Å². The van der Waals surface area contributed by atoms with E-state index in [-0.39, 0.29) is 0 Å². The van der Waals surface area contributed by atoms with E-state index in [0.717, 1.165) is 45.2 Å². The van der Waals surface area contributed by atoms with Crippen LogP contribution in [0, 0.1) is 0 Å². The van der Waals surface area contributed by atoms with Crippen LogP contribution in [0.15, 0.2) is 12.2 Å². The van der Waals surface area contributed by atoms with E-state index in [0.29, 0.717) is 6.10 Å². The maximum absolute atomic E-state index is 5.66. The maximum Gasteiger partial charge on any atom is 0.0700 e. The molecule has 0 radical (unpaired) electrons. The minimum atomic E-state index is 0.429. The summed E-state index contributed by atoms with van der Waals surface area (Å²) < 4.78 is 5.66. The van der Waals surface area contributed by atoms with Crippen molar-refractivity contribution < 1.29 is 4.74 Å². The van der Waals surface area contributed by atoms with Gasteiger partial charge in [-0.05, 0) is 24.8 Å². The van der Waals surface area contributed by atoms with Gasteiger partial charge in [0.2, 0.25) is 0 Å². The van der Waals surface area contributed by atoms with Crippen molar-refractivity contribution in [2.45, 2.75) is 38.3 Å². The first-order valence-corrected chi connectivity index (χ1v) is 6.52. The third-order valence-electron chi connectivity index (χ3n) is 3.34. The molecule has 3 heteroatoms. The zero-order chi connectivity index (χ0) is 11.4. The Balaban J connectivity index is 1.64. The second-order valence-corrected chi connectivity index (χ2v) is 5.04. The van der Waals surface area contributed by atoms with Gasteiger partial charge in [0.05, 0.1) is 12.7 Å². The van der Waals surface area contributed by atoms with Crippen molar-refractivity contribution in [3.8, 4) is 0 Å². The highest BCUT2D eigenvalue weighted by atomic mass is 16.5. The lowest BCUT2D eigenvalue weighted by Gasteiger charge is -2.32. The molecule has 1 aliphatic heterocycles. The van der Waals surface area contributed by atoms with Crippen LogP contribution in [0.5, 0.6) is 0 Å². The fourth-order valence-corrected chi connectivity index (χ4v) is 2.12. The van der Waals surface area contributed by atoms with Gasteiger partial charge in [0.15, 0.2) is 0 Å². The van der Waals surface area contributed by atoms with Gasteiger partial charge in [0.25, 0.3) is 0 Å². The van der Waals surface area contributed by atoms with Crippen LogP contribution in [-0.2, 0) is 4.74 Å². The Morgan fingerprint density at radius 2 is 2.31 bits per heavy atom. The van der Waals surface area contributed by atoms with E-state index in [4.69, 9.17) is 4.74 Å². The van der Waals surface area contributed by atoms with Gasteiger partial charge in [-0.25, -0.2) is 0 Å². The second-order valence-electron chi connectivity index (χ2n) is 5.04. The van der Waals surface area contributed by atoms with Crippen molar-refractivity contribution in [1.82, 2.24) is 10.2 Å². The SMILES string of the molecule is C=C(CNC1CC1)CN1CCOC(CC)C1. The summed E-state index contributed by atoms with van der Waals surface area (Å²) in [5.74, 6) is 0. The Kier molecular flexibility index (Phi) is 4.38. The molecule has 1 saturated carbocycles. The molecule has 1 N–H and O–H groups in total. The lowest BCUT2D eigenvalue weighted by molar-refractivity contribution is -0.0266. The smallest absolute Gasteiger partial charge is 0.0700 e. The fraction of sp³-hybridized carbons (Fsp3) is 0.846. The quantitative estimate of drug-likeness (QED) is 0.690. The molecule has 2 fully saturated rings. The summed E-state index contributed by atoms with van der Waals surface area (Å²) in [5, 5.41) is 3.51. The Bertz CT molecular complexity index is 238. The normalized spacial score (nSPS) is 26.9. The molecule has 0 aromatic carbocycles. The molecule has 1 saturated heterocycles. The van der Waals surface area contributed by atoms with Gasteiger partial charge in [-0.3, -0.25) is 4.90 Å². The highest BCUT2D eigenvalue weighted by Crippen LogP contribution is 2.18. The van der Waals surface area contributed by atoms with E-state index in [1.165, 1.54) is 18.4 Å². The van der Waals surface area contributed by atoms with Crippen molar-refractivity contribution in [2.75, 3.05) is 32.8 Å². The van der Waals surface area contributed by atoms with Crippen LogP contribution in [0.1, 0.15) is 26.2 Å². The first kappa shape index (κ1) is 12.1. The van der Waals surface area contributed by atoms with Crippen molar-refractivity contribution >= 4 is 0 Å². The Labute approximate surface area is 98.8 Å². The van der Waals surface area contributed by atoms with E-state index in [1.807, 2.05) is 0 Å². The summed E-state index contributed by atoms with van der Waals surface area (Å²) in [6.07, 6.45) is 4.24. The van der Waals surface area contributed by atoms with Gasteiger partial charge in [-0.15, -0.1) is 0 Å². The van der Waals surface area contributed by atoms with Gasteiger partial charge in [-0.2, -0.15) is 0 Å². The van der Waals surface area contributed by atoms with E-state index in [2.05, 4.69) is 23.7 Å². The third-order valence-corrected chi connectivity index (χ3v) is 3.34. The van der Waals surface area contributed by atoms with Crippen molar-refractivity contribution in [2.24, 2.45) is 0 Å². The second kappa shape index (κ2) is 5.80. The van der Waals surface area contributed by atoms with Gasteiger partial charge in [0, 0.05) is 32.2 Å². The Morgan fingerprint density at radius 3 is 3.00 bits per heavy atom. The van der Waals surface area contributed by atoms with E-state index < -0.39 is 0 Å². The van der Waals surface area contributed by atoms with Gasteiger partial charge in [0.1, 0.15) is 0 Å². The molecule has 92 valence electrons.